The van der Waals surface area contributed by atoms with E-state index in [0.717, 1.165) is 6.54 Å². The molecule has 1 N–H and O–H groups in total. The molecule has 0 spiro atoms. The van der Waals surface area contributed by atoms with E-state index in [1.807, 2.05) is 19.0 Å². The summed E-state index contributed by atoms with van der Waals surface area (Å²) < 4.78 is 13.0. The second-order valence-electron chi connectivity index (χ2n) is 5.47. The summed E-state index contributed by atoms with van der Waals surface area (Å²) in [6, 6.07) is 5.98. The van der Waals surface area contributed by atoms with Crippen LogP contribution in [0, 0.1) is 5.82 Å². The van der Waals surface area contributed by atoms with Crippen LogP contribution in [0.15, 0.2) is 24.3 Å². The fraction of sp³-hybridized carbons (Fsp3) is 0.500. The molecule has 0 saturated heterocycles. The largest absolute Gasteiger partial charge is 0.354 e. The molecule has 1 aromatic carbocycles. The summed E-state index contributed by atoms with van der Waals surface area (Å²) in [7, 11) is 3.89. The van der Waals surface area contributed by atoms with Crippen molar-refractivity contribution in [2.75, 3.05) is 40.3 Å². The zero-order valence-corrected chi connectivity index (χ0v) is 13.4. The molecular weight excluding hydrogens is 285 g/mol. The van der Waals surface area contributed by atoms with Crippen molar-refractivity contribution in [3.63, 3.8) is 0 Å². The Labute approximate surface area is 131 Å². The van der Waals surface area contributed by atoms with Gasteiger partial charge in [-0.15, -0.1) is 0 Å². The highest BCUT2D eigenvalue weighted by atomic mass is 19.1. The van der Waals surface area contributed by atoms with Gasteiger partial charge in [0.05, 0.1) is 6.42 Å². The van der Waals surface area contributed by atoms with Crippen molar-refractivity contribution in [2.45, 2.75) is 13.3 Å². The monoisotopic (exact) mass is 309 g/mol. The molecule has 0 aromatic heterocycles. The molecule has 1 aromatic rings. The average molecular weight is 309 g/mol. The Balaban J connectivity index is 2.34. The molecule has 1 rings (SSSR count). The van der Waals surface area contributed by atoms with Gasteiger partial charge in [-0.1, -0.05) is 12.1 Å². The fourth-order valence-corrected chi connectivity index (χ4v) is 1.97. The first kappa shape index (κ1) is 18.1. The van der Waals surface area contributed by atoms with E-state index in [1.54, 1.807) is 17.0 Å². The van der Waals surface area contributed by atoms with Crippen molar-refractivity contribution in [2.24, 2.45) is 0 Å². The molecule has 6 heteroatoms. The molecule has 5 nitrogen and oxygen atoms in total. The standard InChI is InChI=1S/C16H24FN3O2/c1-13(21)20(10-9-19(2)3)8-7-18-16(22)12-14-5-4-6-15(17)11-14/h4-6,11H,7-10,12H2,1-3H3,(H,18,22). The Morgan fingerprint density at radius 2 is 1.91 bits per heavy atom. The maximum absolute atomic E-state index is 13.0. The van der Waals surface area contributed by atoms with E-state index in [-0.39, 0.29) is 24.1 Å². The number of hydrogen-bond donors (Lipinski definition) is 1. The van der Waals surface area contributed by atoms with Crippen molar-refractivity contribution in [1.82, 2.24) is 15.1 Å². The number of carbonyl (C=O) groups is 2. The number of amides is 2. The lowest BCUT2D eigenvalue weighted by molar-refractivity contribution is -0.129. The van der Waals surface area contributed by atoms with Crippen LogP contribution in [0.5, 0.6) is 0 Å². The molecule has 0 fully saturated rings. The summed E-state index contributed by atoms with van der Waals surface area (Å²) in [5, 5.41) is 2.75. The lowest BCUT2D eigenvalue weighted by atomic mass is 10.1. The third-order valence-corrected chi connectivity index (χ3v) is 3.22. The predicted octanol–water partition coefficient (Wildman–Crippen LogP) is 0.894. The van der Waals surface area contributed by atoms with E-state index in [1.165, 1.54) is 19.1 Å². The number of rotatable bonds is 8. The van der Waals surface area contributed by atoms with Crippen molar-refractivity contribution < 1.29 is 14.0 Å². The van der Waals surface area contributed by atoms with Crippen LogP contribution in [0.3, 0.4) is 0 Å². The van der Waals surface area contributed by atoms with Gasteiger partial charge in [0.25, 0.3) is 0 Å². The van der Waals surface area contributed by atoms with Crippen molar-refractivity contribution >= 4 is 11.8 Å². The quantitative estimate of drug-likeness (QED) is 0.776. The van der Waals surface area contributed by atoms with Gasteiger partial charge < -0.3 is 15.1 Å². The first-order valence-electron chi connectivity index (χ1n) is 7.30. The first-order valence-corrected chi connectivity index (χ1v) is 7.30. The maximum atomic E-state index is 13.0. The van der Waals surface area contributed by atoms with Crippen LogP contribution in [0.1, 0.15) is 12.5 Å². The summed E-state index contributed by atoms with van der Waals surface area (Å²) >= 11 is 0. The summed E-state index contributed by atoms with van der Waals surface area (Å²) in [5.74, 6) is -0.542. The molecule has 2 amide bonds. The van der Waals surface area contributed by atoms with Gasteiger partial charge in [0, 0.05) is 33.1 Å². The third kappa shape index (κ3) is 7.17. The van der Waals surface area contributed by atoms with E-state index < -0.39 is 0 Å². The Bertz CT molecular complexity index is 506. The number of likely N-dealkylation sites (N-methyl/N-ethyl adjacent to an activating group) is 1. The average Bonchev–Trinajstić information content (AvgIpc) is 2.41. The van der Waals surface area contributed by atoms with Crippen LogP contribution in [-0.4, -0.2) is 61.9 Å². The van der Waals surface area contributed by atoms with Gasteiger partial charge in [0.15, 0.2) is 0 Å². The lowest BCUT2D eigenvalue weighted by Crippen LogP contribution is -2.41. The maximum Gasteiger partial charge on any atom is 0.224 e. The second-order valence-corrected chi connectivity index (χ2v) is 5.47. The normalized spacial score (nSPS) is 10.6. The number of benzene rings is 1. The molecule has 0 radical (unpaired) electrons. The molecule has 0 aliphatic heterocycles. The molecule has 0 aliphatic rings. The lowest BCUT2D eigenvalue weighted by Gasteiger charge is -2.23. The minimum absolute atomic E-state index is 0.0128. The van der Waals surface area contributed by atoms with E-state index in [0.29, 0.717) is 25.2 Å². The summed E-state index contributed by atoms with van der Waals surface area (Å²) in [6.07, 6.45) is 0.134. The van der Waals surface area contributed by atoms with Gasteiger partial charge in [-0.25, -0.2) is 4.39 Å². The van der Waals surface area contributed by atoms with Crippen LogP contribution in [-0.2, 0) is 16.0 Å². The fourth-order valence-electron chi connectivity index (χ4n) is 1.97. The minimum atomic E-state index is -0.350. The second kappa shape index (κ2) is 9.15. The zero-order valence-electron chi connectivity index (χ0n) is 13.4. The van der Waals surface area contributed by atoms with Gasteiger partial charge in [-0.05, 0) is 31.8 Å². The van der Waals surface area contributed by atoms with E-state index in [2.05, 4.69) is 5.32 Å². The van der Waals surface area contributed by atoms with Gasteiger partial charge >= 0.3 is 0 Å². The molecular formula is C16H24FN3O2. The first-order chi connectivity index (χ1) is 10.4. The van der Waals surface area contributed by atoms with Gasteiger partial charge in [-0.3, -0.25) is 9.59 Å². The molecule has 0 atom stereocenters. The van der Waals surface area contributed by atoms with Gasteiger partial charge in [0.2, 0.25) is 11.8 Å². The number of halogens is 1. The SMILES string of the molecule is CC(=O)N(CCNC(=O)Cc1cccc(F)c1)CCN(C)C. The molecule has 0 aliphatic carbocycles. The van der Waals surface area contributed by atoms with Crippen LogP contribution < -0.4 is 5.32 Å². The molecule has 122 valence electrons. The predicted molar refractivity (Wildman–Crippen MR) is 83.9 cm³/mol. The summed E-state index contributed by atoms with van der Waals surface area (Å²) in [6.45, 7) is 3.78. The highest BCUT2D eigenvalue weighted by Crippen LogP contribution is 2.04. The van der Waals surface area contributed by atoms with Crippen LogP contribution in [0.2, 0.25) is 0 Å². The summed E-state index contributed by atoms with van der Waals surface area (Å²) in [4.78, 5) is 27.0. The van der Waals surface area contributed by atoms with Crippen molar-refractivity contribution in [3.8, 4) is 0 Å². The number of nitrogens with zero attached hydrogens (tertiary/aromatic N) is 2. The van der Waals surface area contributed by atoms with Gasteiger partial charge in [-0.2, -0.15) is 0 Å². The van der Waals surface area contributed by atoms with Crippen molar-refractivity contribution in [3.05, 3.63) is 35.6 Å². The number of nitrogens with one attached hydrogen (secondary N) is 1. The van der Waals surface area contributed by atoms with E-state index >= 15 is 0 Å². The highest BCUT2D eigenvalue weighted by molar-refractivity contribution is 5.78. The molecule has 0 unspecified atom stereocenters. The molecule has 0 saturated carbocycles. The molecule has 0 bridgehead atoms. The van der Waals surface area contributed by atoms with Crippen molar-refractivity contribution in [1.29, 1.82) is 0 Å². The molecule has 22 heavy (non-hydrogen) atoms. The number of carbonyl (C=O) groups excluding carboxylic acids is 2. The van der Waals surface area contributed by atoms with Gasteiger partial charge in [0.1, 0.15) is 5.82 Å². The van der Waals surface area contributed by atoms with Crippen LogP contribution in [0.25, 0.3) is 0 Å². The van der Waals surface area contributed by atoms with Crippen LogP contribution in [0.4, 0.5) is 4.39 Å². The third-order valence-electron chi connectivity index (χ3n) is 3.22. The zero-order chi connectivity index (χ0) is 16.5. The number of hydrogen-bond acceptors (Lipinski definition) is 3. The Kier molecular flexibility index (Phi) is 7.52. The Morgan fingerprint density at radius 3 is 2.50 bits per heavy atom. The molecule has 0 heterocycles. The smallest absolute Gasteiger partial charge is 0.224 e. The topological polar surface area (TPSA) is 52.7 Å². The highest BCUT2D eigenvalue weighted by Gasteiger charge is 2.10. The summed E-state index contributed by atoms with van der Waals surface area (Å²) in [5.41, 5.74) is 0.633. The van der Waals surface area contributed by atoms with E-state index in [9.17, 15) is 14.0 Å². The van der Waals surface area contributed by atoms with Crippen LogP contribution >= 0.6 is 0 Å². The van der Waals surface area contributed by atoms with E-state index in [4.69, 9.17) is 0 Å². The Morgan fingerprint density at radius 1 is 1.18 bits per heavy atom. The minimum Gasteiger partial charge on any atom is -0.354 e. The Hall–Kier alpha value is -1.95.